The van der Waals surface area contributed by atoms with Gasteiger partial charge in [0, 0.05) is 26.4 Å². The minimum absolute atomic E-state index is 0.461. The zero-order valence-electron chi connectivity index (χ0n) is 7.00. The van der Waals surface area contributed by atoms with Gasteiger partial charge in [0.25, 0.3) is 0 Å². The lowest BCUT2D eigenvalue weighted by Gasteiger charge is -1.99. The highest BCUT2D eigenvalue weighted by Crippen LogP contribution is 2.25. The van der Waals surface area contributed by atoms with Gasteiger partial charge in [0.1, 0.15) is 4.84 Å². The van der Waals surface area contributed by atoms with Crippen LogP contribution < -0.4 is 0 Å². The zero-order chi connectivity index (χ0) is 12.1. The van der Waals surface area contributed by atoms with E-state index >= 15 is 0 Å². The standard InChI is InChI=1S/C7H5Cl3.Cl2O2S/c8-6-3-1-5(2-4-6)7(9)10;1-5(2,3)4/h1-4,7H;. The van der Waals surface area contributed by atoms with Crippen LogP contribution in [0.15, 0.2) is 24.3 Å². The first-order valence-corrected chi connectivity index (χ1v) is 7.76. The third-order valence-corrected chi connectivity index (χ3v) is 1.88. The predicted molar refractivity (Wildman–Crippen MR) is 66.5 cm³/mol. The highest BCUT2D eigenvalue weighted by atomic mass is 36.0. The molecule has 0 atom stereocenters. The first kappa shape index (κ1) is 15.6. The maximum absolute atomic E-state index is 9.16. The molecule has 0 spiro atoms. The maximum Gasteiger partial charge on any atom is 0.317 e. The van der Waals surface area contributed by atoms with Gasteiger partial charge in [-0.2, -0.15) is 8.42 Å². The van der Waals surface area contributed by atoms with Gasteiger partial charge in [0.2, 0.25) is 0 Å². The van der Waals surface area contributed by atoms with Crippen molar-refractivity contribution in [1.82, 2.24) is 0 Å². The van der Waals surface area contributed by atoms with E-state index in [9.17, 15) is 0 Å². The summed E-state index contributed by atoms with van der Waals surface area (Å²) in [5.41, 5.74) is 0.868. The quantitative estimate of drug-likeness (QED) is 0.560. The van der Waals surface area contributed by atoms with Crippen LogP contribution in [0.3, 0.4) is 0 Å². The smallest absolute Gasteiger partial charge is 0.195 e. The molecule has 0 bridgehead atoms. The molecule has 0 aliphatic carbocycles. The third kappa shape index (κ3) is 10.9. The molecule has 86 valence electrons. The van der Waals surface area contributed by atoms with E-state index in [2.05, 4.69) is 21.4 Å². The summed E-state index contributed by atoms with van der Waals surface area (Å²) in [6, 6.07) is 7.11. The number of hydrogen-bond donors (Lipinski definition) is 0. The molecular weight excluding hydrogens is 325 g/mol. The van der Waals surface area contributed by atoms with Gasteiger partial charge in [-0.25, -0.2) is 0 Å². The van der Waals surface area contributed by atoms with Gasteiger partial charge in [0.15, 0.2) is 0 Å². The monoisotopic (exact) mass is 328 g/mol. The Morgan fingerprint density at radius 1 is 1.00 bits per heavy atom. The predicted octanol–water partition coefficient (Wildman–Crippen LogP) is 4.53. The molecule has 0 N–H and O–H groups in total. The van der Waals surface area contributed by atoms with Crippen molar-refractivity contribution in [3.05, 3.63) is 34.9 Å². The minimum atomic E-state index is -3.72. The Kier molecular flexibility index (Phi) is 7.34. The van der Waals surface area contributed by atoms with Gasteiger partial charge in [-0.05, 0) is 17.7 Å². The van der Waals surface area contributed by atoms with Crippen LogP contribution in [0, 0.1) is 0 Å². The second-order valence-corrected chi connectivity index (χ2v) is 7.43. The molecule has 0 saturated carbocycles. The molecule has 0 heterocycles. The Bertz CT molecular complexity index is 378. The van der Waals surface area contributed by atoms with Crippen molar-refractivity contribution in [2.75, 3.05) is 0 Å². The van der Waals surface area contributed by atoms with Crippen molar-refractivity contribution >= 4 is 64.4 Å². The van der Waals surface area contributed by atoms with Crippen LogP contribution in [-0.4, -0.2) is 8.42 Å². The van der Waals surface area contributed by atoms with Crippen molar-refractivity contribution in [2.45, 2.75) is 4.84 Å². The van der Waals surface area contributed by atoms with Crippen LogP contribution in [-0.2, 0) is 8.26 Å². The first-order chi connectivity index (χ1) is 6.70. The Morgan fingerprint density at radius 3 is 1.60 bits per heavy atom. The molecule has 0 aliphatic heterocycles. The number of halogens is 5. The van der Waals surface area contributed by atoms with E-state index < -0.39 is 13.1 Å². The molecule has 0 unspecified atom stereocenters. The zero-order valence-corrected chi connectivity index (χ0v) is 11.6. The highest BCUT2D eigenvalue weighted by Gasteiger charge is 2.00. The average Bonchev–Trinajstić information content (AvgIpc) is 2.01. The van der Waals surface area contributed by atoms with Crippen molar-refractivity contribution < 1.29 is 8.42 Å². The van der Waals surface area contributed by atoms with E-state index in [1.807, 2.05) is 0 Å². The average molecular weight is 330 g/mol. The summed E-state index contributed by atoms with van der Waals surface area (Å²) in [5, 5.41) is 0.692. The van der Waals surface area contributed by atoms with E-state index in [0.717, 1.165) is 5.56 Å². The van der Waals surface area contributed by atoms with Gasteiger partial charge < -0.3 is 0 Å². The Balaban J connectivity index is 0.000000336. The number of alkyl halides is 2. The normalized spacial score (nSPS) is 10.8. The van der Waals surface area contributed by atoms with Crippen LogP contribution in [0.25, 0.3) is 0 Å². The second-order valence-electron chi connectivity index (χ2n) is 2.23. The van der Waals surface area contributed by atoms with Gasteiger partial charge in [-0.15, -0.1) is 23.2 Å². The van der Waals surface area contributed by atoms with Crippen molar-refractivity contribution in [2.24, 2.45) is 0 Å². The highest BCUT2D eigenvalue weighted by molar-refractivity contribution is 8.31. The Labute approximate surface area is 112 Å². The van der Waals surface area contributed by atoms with Crippen LogP contribution in [0.4, 0.5) is 0 Å². The number of benzene rings is 1. The van der Waals surface area contributed by atoms with Gasteiger partial charge >= 0.3 is 8.26 Å². The summed E-state index contributed by atoms with van der Waals surface area (Å²) in [7, 11) is 4.81. The lowest BCUT2D eigenvalue weighted by atomic mass is 10.2. The lowest BCUT2D eigenvalue weighted by Crippen LogP contribution is -1.78. The molecule has 1 rings (SSSR count). The molecule has 1 aromatic rings. The SMILES string of the molecule is Clc1ccc(C(Cl)Cl)cc1.O=S(=O)(Cl)Cl. The third-order valence-electron chi connectivity index (χ3n) is 1.12. The van der Waals surface area contributed by atoms with Crippen LogP contribution in [0.2, 0.25) is 5.02 Å². The molecular formula is C7H5Cl5O2S. The first-order valence-electron chi connectivity index (χ1n) is 3.38. The van der Waals surface area contributed by atoms with Crippen molar-refractivity contribution in [1.29, 1.82) is 0 Å². The molecule has 0 amide bonds. The lowest BCUT2D eigenvalue weighted by molar-refractivity contribution is 0.621. The minimum Gasteiger partial charge on any atom is -0.195 e. The summed E-state index contributed by atoms with van der Waals surface area (Å²) >= 11 is 16.8. The van der Waals surface area contributed by atoms with E-state index in [-0.39, 0.29) is 0 Å². The molecule has 0 fully saturated rings. The largest absolute Gasteiger partial charge is 0.317 e. The fourth-order valence-corrected chi connectivity index (χ4v) is 1.03. The summed E-state index contributed by atoms with van der Waals surface area (Å²) in [5.74, 6) is 0. The molecule has 0 aromatic heterocycles. The summed E-state index contributed by atoms with van der Waals surface area (Å²) in [6.45, 7) is 0. The van der Waals surface area contributed by atoms with Crippen molar-refractivity contribution in [3.63, 3.8) is 0 Å². The summed E-state index contributed by atoms with van der Waals surface area (Å²) < 4.78 is 18.3. The topological polar surface area (TPSA) is 34.1 Å². The van der Waals surface area contributed by atoms with Crippen molar-refractivity contribution in [3.8, 4) is 0 Å². The van der Waals surface area contributed by atoms with Crippen LogP contribution >= 0.6 is 56.2 Å². The fraction of sp³-hybridized carbons (Fsp3) is 0.143. The maximum atomic E-state index is 9.16. The van der Waals surface area contributed by atoms with E-state index in [1.165, 1.54) is 0 Å². The van der Waals surface area contributed by atoms with E-state index in [1.54, 1.807) is 24.3 Å². The van der Waals surface area contributed by atoms with E-state index in [0.29, 0.717) is 5.02 Å². The molecule has 8 heteroatoms. The second kappa shape index (κ2) is 7.05. The Morgan fingerprint density at radius 2 is 1.33 bits per heavy atom. The van der Waals surface area contributed by atoms with Gasteiger partial charge in [0.05, 0.1) is 0 Å². The molecule has 1 aromatic carbocycles. The molecule has 0 saturated heterocycles. The summed E-state index contributed by atoms with van der Waals surface area (Å²) in [6.07, 6.45) is 0. The molecule has 0 aliphatic rings. The number of hydrogen-bond acceptors (Lipinski definition) is 2. The van der Waals surface area contributed by atoms with E-state index in [4.69, 9.17) is 43.2 Å². The van der Waals surface area contributed by atoms with Crippen LogP contribution in [0.5, 0.6) is 0 Å². The molecule has 0 radical (unpaired) electrons. The summed E-state index contributed by atoms with van der Waals surface area (Å²) in [4.78, 5) is -0.461. The Hall–Kier alpha value is 0.620. The van der Waals surface area contributed by atoms with Crippen LogP contribution in [0.1, 0.15) is 10.4 Å². The van der Waals surface area contributed by atoms with Gasteiger partial charge in [-0.1, -0.05) is 23.7 Å². The van der Waals surface area contributed by atoms with Gasteiger partial charge in [-0.3, -0.25) is 0 Å². The molecule has 15 heavy (non-hydrogen) atoms. The molecule has 2 nitrogen and oxygen atoms in total. The number of rotatable bonds is 1. The fourth-order valence-electron chi connectivity index (χ4n) is 0.608.